The number of carboxylic acid groups (broad SMARTS) is 1. The molecule has 0 aliphatic rings. The van der Waals surface area contributed by atoms with Gasteiger partial charge in [0.15, 0.2) is 0 Å². The van der Waals surface area contributed by atoms with Gasteiger partial charge in [0.05, 0.1) is 18.5 Å². The largest absolute Gasteiger partial charge is 0.480 e. The Morgan fingerprint density at radius 3 is 2.80 bits per heavy atom. The number of hydrogen-bond donors (Lipinski definition) is 3. The van der Waals surface area contributed by atoms with Gasteiger partial charge < -0.3 is 20.5 Å². The van der Waals surface area contributed by atoms with Gasteiger partial charge in [0.1, 0.15) is 6.04 Å². The van der Waals surface area contributed by atoms with Crippen LogP contribution >= 0.6 is 11.3 Å². The van der Waals surface area contributed by atoms with Gasteiger partial charge in [-0.25, -0.2) is 14.6 Å². The molecule has 0 aliphatic carbocycles. The highest BCUT2D eigenvalue weighted by atomic mass is 32.1. The van der Waals surface area contributed by atoms with E-state index in [0.717, 1.165) is 12.1 Å². The molecular formula is C11H15N3O5S. The number of esters is 1. The van der Waals surface area contributed by atoms with Gasteiger partial charge in [-0.05, 0) is 0 Å². The molecule has 9 heteroatoms. The summed E-state index contributed by atoms with van der Waals surface area (Å²) in [6.07, 6.45) is 1.79. The van der Waals surface area contributed by atoms with Crippen molar-refractivity contribution in [3.63, 3.8) is 0 Å². The third kappa shape index (κ3) is 5.65. The lowest BCUT2D eigenvalue weighted by Gasteiger charge is -2.13. The molecule has 1 rings (SSSR count). The molecule has 0 saturated carbocycles. The second-order valence-electron chi connectivity index (χ2n) is 3.75. The van der Waals surface area contributed by atoms with Crippen LogP contribution in [0.15, 0.2) is 11.6 Å². The van der Waals surface area contributed by atoms with E-state index in [1.807, 2.05) is 5.38 Å². The summed E-state index contributed by atoms with van der Waals surface area (Å²) in [7, 11) is 1.15. The molecule has 2 amide bonds. The number of aliphatic carboxylic acids is 1. The summed E-state index contributed by atoms with van der Waals surface area (Å²) in [6, 6.07) is -1.97. The number of nitrogens with one attached hydrogen (secondary N) is 2. The molecule has 1 aromatic rings. The standard InChI is InChI=1S/C11H15N3O5S/c1-19-9(15)6-7(10(16)17)14-11(18)13-3-2-8-12-4-5-20-8/h4-5,7H,2-3,6H2,1H3,(H,16,17)(H2,13,14,18)/t7-/m0/s1. The van der Waals surface area contributed by atoms with Crippen molar-refractivity contribution in [3.8, 4) is 0 Å². The van der Waals surface area contributed by atoms with Gasteiger partial charge in [0.2, 0.25) is 0 Å². The van der Waals surface area contributed by atoms with Crippen molar-refractivity contribution < 1.29 is 24.2 Å². The van der Waals surface area contributed by atoms with Crippen LogP contribution in [0.3, 0.4) is 0 Å². The summed E-state index contributed by atoms with van der Waals surface area (Å²) in [5.74, 6) is -2.01. The number of rotatable bonds is 7. The summed E-state index contributed by atoms with van der Waals surface area (Å²) in [6.45, 7) is 0.323. The molecule has 8 nitrogen and oxygen atoms in total. The summed E-state index contributed by atoms with van der Waals surface area (Å²) in [5, 5.41) is 16.3. The van der Waals surface area contributed by atoms with Crippen LogP contribution in [0.2, 0.25) is 0 Å². The van der Waals surface area contributed by atoms with E-state index < -0.39 is 30.4 Å². The van der Waals surface area contributed by atoms with Crippen LogP contribution in [0.1, 0.15) is 11.4 Å². The molecule has 3 N–H and O–H groups in total. The molecular weight excluding hydrogens is 286 g/mol. The summed E-state index contributed by atoms with van der Waals surface area (Å²) < 4.78 is 4.36. The topological polar surface area (TPSA) is 118 Å². The van der Waals surface area contributed by atoms with Gasteiger partial charge in [-0.1, -0.05) is 0 Å². The number of thiazole rings is 1. The zero-order valence-electron chi connectivity index (χ0n) is 10.8. The minimum absolute atomic E-state index is 0.323. The minimum atomic E-state index is -1.32. The van der Waals surface area contributed by atoms with Crippen LogP contribution in [-0.2, 0) is 20.7 Å². The number of hydrogen-bond acceptors (Lipinski definition) is 6. The monoisotopic (exact) mass is 301 g/mol. The molecule has 1 aromatic heterocycles. The van der Waals surface area contributed by atoms with Gasteiger partial charge in [-0.15, -0.1) is 11.3 Å². The van der Waals surface area contributed by atoms with Crippen LogP contribution in [0.4, 0.5) is 4.79 Å². The van der Waals surface area contributed by atoms with Crippen LogP contribution in [0, 0.1) is 0 Å². The Hall–Kier alpha value is -2.16. The maximum Gasteiger partial charge on any atom is 0.326 e. The Morgan fingerprint density at radius 1 is 1.50 bits per heavy atom. The highest BCUT2D eigenvalue weighted by Gasteiger charge is 2.23. The third-order valence-electron chi connectivity index (χ3n) is 2.31. The first-order valence-corrected chi connectivity index (χ1v) is 6.63. The second-order valence-corrected chi connectivity index (χ2v) is 4.73. The van der Waals surface area contributed by atoms with Crippen molar-refractivity contribution in [2.24, 2.45) is 0 Å². The zero-order chi connectivity index (χ0) is 15.0. The molecule has 0 bridgehead atoms. The Bertz CT molecular complexity index is 463. The average Bonchev–Trinajstić information content (AvgIpc) is 2.90. The lowest BCUT2D eigenvalue weighted by molar-refractivity contribution is -0.147. The van der Waals surface area contributed by atoms with E-state index in [1.165, 1.54) is 11.3 Å². The number of carbonyl (C=O) groups is 3. The van der Waals surface area contributed by atoms with Crippen molar-refractivity contribution in [1.82, 2.24) is 15.6 Å². The number of carboxylic acids is 1. The summed E-state index contributed by atoms with van der Waals surface area (Å²) >= 11 is 1.47. The number of carbonyl (C=O) groups excluding carboxylic acids is 2. The van der Waals surface area contributed by atoms with Crippen LogP contribution in [0.25, 0.3) is 0 Å². The van der Waals surface area contributed by atoms with E-state index in [-0.39, 0.29) is 0 Å². The van der Waals surface area contributed by atoms with E-state index in [2.05, 4.69) is 20.4 Å². The molecule has 0 unspecified atom stereocenters. The molecule has 0 radical (unpaired) electrons. The minimum Gasteiger partial charge on any atom is -0.480 e. The molecule has 1 heterocycles. The van der Waals surface area contributed by atoms with Gasteiger partial charge in [0, 0.05) is 24.5 Å². The van der Waals surface area contributed by atoms with E-state index in [1.54, 1.807) is 6.20 Å². The Balaban J connectivity index is 2.34. The number of nitrogens with zero attached hydrogens (tertiary/aromatic N) is 1. The van der Waals surface area contributed by atoms with Crippen LogP contribution < -0.4 is 10.6 Å². The van der Waals surface area contributed by atoms with Crippen molar-refractivity contribution in [2.75, 3.05) is 13.7 Å². The normalized spacial score (nSPS) is 11.4. The Labute approximate surface area is 119 Å². The fourth-order valence-electron chi connectivity index (χ4n) is 1.32. The number of urea groups is 1. The maximum atomic E-state index is 11.5. The zero-order valence-corrected chi connectivity index (χ0v) is 11.6. The number of methoxy groups -OCH3 is 1. The predicted octanol–water partition coefficient (Wildman–Crippen LogP) is 0.00110. The first kappa shape index (κ1) is 15.9. The Kier molecular flexibility index (Phi) is 6.44. The highest BCUT2D eigenvalue weighted by molar-refractivity contribution is 7.09. The SMILES string of the molecule is COC(=O)C[C@H](NC(=O)NCCc1nccs1)C(=O)O. The number of amides is 2. The summed E-state index contributed by atoms with van der Waals surface area (Å²) in [5.41, 5.74) is 0. The lowest BCUT2D eigenvalue weighted by atomic mass is 10.2. The molecule has 20 heavy (non-hydrogen) atoms. The number of ether oxygens (including phenoxy) is 1. The van der Waals surface area contributed by atoms with E-state index >= 15 is 0 Å². The van der Waals surface area contributed by atoms with E-state index in [4.69, 9.17) is 5.11 Å². The average molecular weight is 301 g/mol. The van der Waals surface area contributed by atoms with Crippen LogP contribution in [0.5, 0.6) is 0 Å². The van der Waals surface area contributed by atoms with Crippen molar-refractivity contribution in [3.05, 3.63) is 16.6 Å². The van der Waals surface area contributed by atoms with E-state index in [0.29, 0.717) is 13.0 Å². The van der Waals surface area contributed by atoms with Gasteiger partial charge >= 0.3 is 18.0 Å². The first-order valence-electron chi connectivity index (χ1n) is 5.75. The van der Waals surface area contributed by atoms with Gasteiger partial charge in [-0.2, -0.15) is 0 Å². The molecule has 0 fully saturated rings. The van der Waals surface area contributed by atoms with Gasteiger partial charge in [-0.3, -0.25) is 4.79 Å². The van der Waals surface area contributed by atoms with Crippen molar-refractivity contribution in [2.45, 2.75) is 18.9 Å². The lowest BCUT2D eigenvalue weighted by Crippen LogP contribution is -2.47. The van der Waals surface area contributed by atoms with Crippen molar-refractivity contribution >= 4 is 29.3 Å². The van der Waals surface area contributed by atoms with E-state index in [9.17, 15) is 14.4 Å². The predicted molar refractivity (Wildman–Crippen MR) is 70.4 cm³/mol. The van der Waals surface area contributed by atoms with Crippen molar-refractivity contribution in [1.29, 1.82) is 0 Å². The highest BCUT2D eigenvalue weighted by Crippen LogP contribution is 2.03. The third-order valence-corrected chi connectivity index (χ3v) is 3.15. The number of aromatic nitrogens is 1. The molecule has 0 aliphatic heterocycles. The Morgan fingerprint density at radius 2 is 2.25 bits per heavy atom. The molecule has 0 spiro atoms. The molecule has 0 aromatic carbocycles. The molecule has 0 saturated heterocycles. The maximum absolute atomic E-state index is 11.5. The van der Waals surface area contributed by atoms with Crippen LogP contribution in [-0.4, -0.2) is 47.8 Å². The first-order chi connectivity index (χ1) is 9.52. The second kappa shape index (κ2) is 8.10. The molecule has 110 valence electrons. The summed E-state index contributed by atoms with van der Waals surface area (Å²) in [4.78, 5) is 37.4. The quantitative estimate of drug-likeness (QED) is 0.610. The smallest absolute Gasteiger partial charge is 0.326 e. The fraction of sp³-hybridized carbons (Fsp3) is 0.455. The fourth-order valence-corrected chi connectivity index (χ4v) is 1.94. The van der Waals surface area contributed by atoms with Gasteiger partial charge in [0.25, 0.3) is 0 Å². The molecule has 1 atom stereocenters.